The first-order chi connectivity index (χ1) is 8.20. The summed E-state index contributed by atoms with van der Waals surface area (Å²) in [5.74, 6) is 5.60. The molecule has 1 unspecified atom stereocenters. The molecule has 0 saturated carbocycles. The zero-order valence-corrected chi connectivity index (χ0v) is 10.5. The molecular weight excluding hydrogens is 232 g/mol. The van der Waals surface area contributed by atoms with Crippen molar-refractivity contribution in [1.29, 1.82) is 0 Å². The molecule has 5 heteroatoms. The van der Waals surface area contributed by atoms with E-state index in [1.165, 1.54) is 0 Å². The Kier molecular flexibility index (Phi) is 3.73. The SMILES string of the molecule is Cc1csc(CC(NN)c2ccccc2N)n1. The van der Waals surface area contributed by atoms with E-state index in [0.29, 0.717) is 0 Å². The lowest BCUT2D eigenvalue weighted by Crippen LogP contribution is -2.30. The van der Waals surface area contributed by atoms with Gasteiger partial charge in [-0.05, 0) is 18.6 Å². The predicted molar refractivity (Wildman–Crippen MR) is 71.5 cm³/mol. The van der Waals surface area contributed by atoms with Crippen LogP contribution in [0, 0.1) is 6.92 Å². The molecule has 1 heterocycles. The van der Waals surface area contributed by atoms with Gasteiger partial charge in [0.25, 0.3) is 0 Å². The molecule has 4 nitrogen and oxygen atoms in total. The number of thiazole rings is 1. The van der Waals surface area contributed by atoms with Crippen molar-refractivity contribution in [3.8, 4) is 0 Å². The lowest BCUT2D eigenvalue weighted by molar-refractivity contribution is 0.552. The van der Waals surface area contributed by atoms with E-state index in [-0.39, 0.29) is 6.04 Å². The highest BCUT2D eigenvalue weighted by molar-refractivity contribution is 7.09. The van der Waals surface area contributed by atoms with Crippen LogP contribution in [0.25, 0.3) is 0 Å². The Bertz CT molecular complexity index is 495. The van der Waals surface area contributed by atoms with Crippen LogP contribution < -0.4 is 17.0 Å². The fourth-order valence-corrected chi connectivity index (χ4v) is 2.58. The molecule has 1 aromatic carbocycles. The van der Waals surface area contributed by atoms with Crippen molar-refractivity contribution in [3.05, 3.63) is 45.9 Å². The number of hydrogen-bond donors (Lipinski definition) is 3. The van der Waals surface area contributed by atoms with Crippen LogP contribution in [0.5, 0.6) is 0 Å². The third kappa shape index (κ3) is 2.82. The minimum Gasteiger partial charge on any atom is -0.398 e. The van der Waals surface area contributed by atoms with E-state index < -0.39 is 0 Å². The quantitative estimate of drug-likeness (QED) is 0.438. The van der Waals surface area contributed by atoms with Crippen LogP contribution in [0.2, 0.25) is 0 Å². The number of nitrogen functional groups attached to an aromatic ring is 1. The lowest BCUT2D eigenvalue weighted by atomic mass is 10.0. The summed E-state index contributed by atoms with van der Waals surface area (Å²) in [5, 5.41) is 3.10. The van der Waals surface area contributed by atoms with Gasteiger partial charge in [-0.25, -0.2) is 4.98 Å². The first-order valence-electron chi connectivity index (χ1n) is 5.42. The third-order valence-corrected chi connectivity index (χ3v) is 3.61. The van der Waals surface area contributed by atoms with Gasteiger partial charge in [0.2, 0.25) is 0 Å². The third-order valence-electron chi connectivity index (χ3n) is 2.62. The molecule has 0 aliphatic rings. The van der Waals surface area contributed by atoms with E-state index in [0.717, 1.165) is 28.4 Å². The van der Waals surface area contributed by atoms with E-state index in [2.05, 4.69) is 10.4 Å². The fourth-order valence-electron chi connectivity index (χ4n) is 1.76. The highest BCUT2D eigenvalue weighted by Gasteiger charge is 2.14. The van der Waals surface area contributed by atoms with Crippen molar-refractivity contribution in [1.82, 2.24) is 10.4 Å². The van der Waals surface area contributed by atoms with Crippen molar-refractivity contribution in [2.24, 2.45) is 5.84 Å². The minimum atomic E-state index is 0.00162. The Balaban J connectivity index is 2.20. The average Bonchev–Trinajstić information content (AvgIpc) is 2.73. The molecule has 0 amide bonds. The number of para-hydroxylation sites is 1. The van der Waals surface area contributed by atoms with Gasteiger partial charge in [-0.15, -0.1) is 11.3 Å². The Morgan fingerprint density at radius 2 is 2.18 bits per heavy atom. The highest BCUT2D eigenvalue weighted by Crippen LogP contribution is 2.24. The number of benzene rings is 1. The summed E-state index contributed by atoms with van der Waals surface area (Å²) in [4.78, 5) is 4.44. The molecule has 1 aromatic heterocycles. The Morgan fingerprint density at radius 1 is 1.41 bits per heavy atom. The number of aromatic nitrogens is 1. The summed E-state index contributed by atoms with van der Waals surface area (Å²) < 4.78 is 0. The summed E-state index contributed by atoms with van der Waals surface area (Å²) in [7, 11) is 0. The van der Waals surface area contributed by atoms with Gasteiger partial charge in [0.15, 0.2) is 0 Å². The Labute approximate surface area is 105 Å². The number of nitrogens with two attached hydrogens (primary N) is 2. The van der Waals surface area contributed by atoms with Crippen molar-refractivity contribution in [3.63, 3.8) is 0 Å². The van der Waals surface area contributed by atoms with E-state index in [9.17, 15) is 0 Å². The van der Waals surface area contributed by atoms with Crippen LogP contribution in [0.4, 0.5) is 5.69 Å². The lowest BCUT2D eigenvalue weighted by Gasteiger charge is -2.16. The summed E-state index contributed by atoms with van der Waals surface area (Å²) in [5.41, 5.74) is 11.6. The maximum Gasteiger partial charge on any atom is 0.0947 e. The van der Waals surface area contributed by atoms with Gasteiger partial charge in [0.1, 0.15) is 0 Å². The van der Waals surface area contributed by atoms with Crippen LogP contribution >= 0.6 is 11.3 Å². The summed E-state index contributed by atoms with van der Waals surface area (Å²) in [6.45, 7) is 1.99. The first kappa shape index (κ1) is 12.0. The second-order valence-electron chi connectivity index (χ2n) is 3.93. The minimum absolute atomic E-state index is 0.00162. The maximum absolute atomic E-state index is 5.94. The van der Waals surface area contributed by atoms with E-state index in [1.54, 1.807) is 11.3 Å². The highest BCUT2D eigenvalue weighted by atomic mass is 32.1. The van der Waals surface area contributed by atoms with Gasteiger partial charge in [-0.2, -0.15) is 0 Å². The monoisotopic (exact) mass is 248 g/mol. The van der Waals surface area contributed by atoms with Gasteiger partial charge in [0, 0.05) is 23.2 Å². The number of anilines is 1. The van der Waals surface area contributed by atoms with Crippen LogP contribution in [-0.4, -0.2) is 4.98 Å². The van der Waals surface area contributed by atoms with Gasteiger partial charge >= 0.3 is 0 Å². The number of aryl methyl sites for hydroxylation is 1. The fraction of sp³-hybridized carbons (Fsp3) is 0.250. The second-order valence-corrected chi connectivity index (χ2v) is 4.88. The predicted octanol–water partition coefficient (Wildman–Crippen LogP) is 1.78. The van der Waals surface area contributed by atoms with Crippen LogP contribution in [0.3, 0.4) is 0 Å². The number of hydrazine groups is 1. The molecule has 2 rings (SSSR count). The van der Waals surface area contributed by atoms with E-state index in [1.807, 2.05) is 36.6 Å². The van der Waals surface area contributed by atoms with Crippen molar-refractivity contribution < 1.29 is 0 Å². The molecule has 0 bridgehead atoms. The maximum atomic E-state index is 5.94. The van der Waals surface area contributed by atoms with Gasteiger partial charge < -0.3 is 5.73 Å². The Morgan fingerprint density at radius 3 is 2.76 bits per heavy atom. The summed E-state index contributed by atoms with van der Waals surface area (Å²) in [6.07, 6.45) is 0.753. The zero-order valence-electron chi connectivity index (χ0n) is 9.68. The largest absolute Gasteiger partial charge is 0.398 e. The molecular formula is C12H16N4S. The molecule has 0 radical (unpaired) electrons. The smallest absolute Gasteiger partial charge is 0.0947 e. The summed E-state index contributed by atoms with van der Waals surface area (Å²) >= 11 is 1.65. The molecule has 0 aliphatic heterocycles. The van der Waals surface area contributed by atoms with Gasteiger partial charge in [-0.3, -0.25) is 11.3 Å². The molecule has 0 spiro atoms. The van der Waals surface area contributed by atoms with Crippen LogP contribution in [0.1, 0.15) is 22.3 Å². The van der Waals surface area contributed by atoms with Crippen LogP contribution in [-0.2, 0) is 6.42 Å². The summed E-state index contributed by atoms with van der Waals surface area (Å²) in [6, 6.07) is 7.75. The van der Waals surface area contributed by atoms with Gasteiger partial charge in [-0.1, -0.05) is 18.2 Å². The Hall–Kier alpha value is -1.43. The molecule has 2 aromatic rings. The number of nitrogens with zero attached hydrogens (tertiary/aromatic N) is 1. The van der Waals surface area contributed by atoms with Crippen molar-refractivity contribution >= 4 is 17.0 Å². The molecule has 5 N–H and O–H groups in total. The van der Waals surface area contributed by atoms with Crippen molar-refractivity contribution in [2.45, 2.75) is 19.4 Å². The first-order valence-corrected chi connectivity index (χ1v) is 6.30. The molecule has 0 fully saturated rings. The average molecular weight is 248 g/mol. The van der Waals surface area contributed by atoms with E-state index >= 15 is 0 Å². The molecule has 90 valence electrons. The topological polar surface area (TPSA) is 77.0 Å². The van der Waals surface area contributed by atoms with E-state index in [4.69, 9.17) is 11.6 Å². The molecule has 1 atom stereocenters. The standard InChI is InChI=1S/C12H16N4S/c1-8-7-17-12(15-8)6-11(16-14)9-4-2-3-5-10(9)13/h2-5,7,11,16H,6,13-14H2,1H3. The second kappa shape index (κ2) is 5.27. The van der Waals surface area contributed by atoms with Crippen molar-refractivity contribution in [2.75, 3.05) is 5.73 Å². The normalized spacial score (nSPS) is 12.6. The molecule has 0 saturated heterocycles. The molecule has 17 heavy (non-hydrogen) atoms. The molecule has 0 aliphatic carbocycles. The number of hydrogen-bond acceptors (Lipinski definition) is 5. The zero-order chi connectivity index (χ0) is 12.3. The number of nitrogens with one attached hydrogen (secondary N) is 1. The van der Waals surface area contributed by atoms with Gasteiger partial charge in [0.05, 0.1) is 11.0 Å². The number of rotatable bonds is 4. The van der Waals surface area contributed by atoms with Crippen LogP contribution in [0.15, 0.2) is 29.6 Å².